The fraction of sp³-hybridized carbons (Fsp3) is 0.375. The first-order valence-electron chi connectivity index (χ1n) is 7.39. The molecule has 1 fully saturated rings. The smallest absolute Gasteiger partial charge is 0.263 e. The summed E-state index contributed by atoms with van der Waals surface area (Å²) in [7, 11) is 0. The van der Waals surface area contributed by atoms with Gasteiger partial charge in [-0.2, -0.15) is 0 Å². The second kappa shape index (κ2) is 6.45. The molecule has 0 saturated carbocycles. The van der Waals surface area contributed by atoms with E-state index in [1.165, 1.54) is 23.5 Å². The van der Waals surface area contributed by atoms with Gasteiger partial charge in [-0.05, 0) is 31.0 Å². The van der Waals surface area contributed by atoms with Crippen molar-refractivity contribution in [2.24, 2.45) is 0 Å². The first-order valence-corrected chi connectivity index (χ1v) is 8.59. The zero-order valence-electron chi connectivity index (χ0n) is 12.6. The van der Waals surface area contributed by atoms with Gasteiger partial charge >= 0.3 is 0 Å². The van der Waals surface area contributed by atoms with E-state index in [9.17, 15) is 14.0 Å². The molecule has 3 rings (SSSR count). The van der Waals surface area contributed by atoms with Crippen LogP contribution in [0.15, 0.2) is 18.2 Å². The Bertz CT molecular complexity index is 769. The van der Waals surface area contributed by atoms with Gasteiger partial charge in [0.05, 0.1) is 5.02 Å². The molecule has 1 aliphatic rings. The van der Waals surface area contributed by atoms with Gasteiger partial charge in [-0.15, -0.1) is 11.3 Å². The Morgan fingerprint density at radius 3 is 2.70 bits per heavy atom. The molecule has 0 unspecified atom stereocenters. The number of hydrogen-bond donors (Lipinski definition) is 1. The van der Waals surface area contributed by atoms with Gasteiger partial charge in [-0.25, -0.2) is 4.39 Å². The van der Waals surface area contributed by atoms with Gasteiger partial charge < -0.3 is 10.2 Å². The highest BCUT2D eigenvalue weighted by molar-refractivity contribution is 7.21. The van der Waals surface area contributed by atoms with E-state index in [4.69, 9.17) is 11.6 Å². The Morgan fingerprint density at radius 1 is 1.35 bits per heavy atom. The second-order valence-corrected chi connectivity index (χ2v) is 7.07. The molecule has 0 radical (unpaired) electrons. The number of nitrogens with zero attached hydrogens (tertiary/aromatic N) is 1. The molecule has 4 nitrogen and oxygen atoms in total. The lowest BCUT2D eigenvalue weighted by Crippen LogP contribution is -2.45. The van der Waals surface area contributed by atoms with E-state index in [-0.39, 0.29) is 23.7 Å². The molecule has 0 aliphatic carbocycles. The van der Waals surface area contributed by atoms with Crippen molar-refractivity contribution >= 4 is 44.8 Å². The van der Waals surface area contributed by atoms with Gasteiger partial charge in [-0.3, -0.25) is 9.59 Å². The Hall–Kier alpha value is -1.66. The highest BCUT2D eigenvalue weighted by Gasteiger charge is 2.24. The highest BCUT2D eigenvalue weighted by atomic mass is 35.5. The summed E-state index contributed by atoms with van der Waals surface area (Å²) in [5.41, 5.74) is 0. The van der Waals surface area contributed by atoms with Crippen LogP contribution in [-0.4, -0.2) is 35.8 Å². The predicted octanol–water partition coefficient (Wildman–Crippen LogP) is 3.43. The van der Waals surface area contributed by atoms with Gasteiger partial charge in [0.1, 0.15) is 10.7 Å². The number of carbonyl (C=O) groups excluding carboxylic acids is 2. The van der Waals surface area contributed by atoms with Crippen LogP contribution >= 0.6 is 22.9 Å². The number of hydrogen-bond acceptors (Lipinski definition) is 3. The summed E-state index contributed by atoms with van der Waals surface area (Å²) in [4.78, 5) is 25.9. The largest absolute Gasteiger partial charge is 0.348 e. The van der Waals surface area contributed by atoms with Crippen molar-refractivity contribution < 1.29 is 14.0 Å². The lowest BCUT2D eigenvalue weighted by molar-refractivity contribution is -0.129. The molecule has 0 atom stereocenters. The first kappa shape index (κ1) is 16.2. The molecule has 1 aliphatic heterocycles. The minimum absolute atomic E-state index is 0.0242. The Labute approximate surface area is 142 Å². The van der Waals surface area contributed by atoms with E-state index in [0.717, 1.165) is 12.8 Å². The van der Waals surface area contributed by atoms with E-state index >= 15 is 0 Å². The van der Waals surface area contributed by atoms with Gasteiger partial charge in [0.2, 0.25) is 5.91 Å². The van der Waals surface area contributed by atoms with E-state index in [1.54, 1.807) is 17.9 Å². The Kier molecular flexibility index (Phi) is 4.55. The molecule has 2 heterocycles. The van der Waals surface area contributed by atoms with Crippen LogP contribution in [0.3, 0.4) is 0 Å². The van der Waals surface area contributed by atoms with Crippen LogP contribution in [0.4, 0.5) is 4.39 Å². The third-order valence-corrected chi connectivity index (χ3v) is 5.73. The maximum absolute atomic E-state index is 13.3. The van der Waals surface area contributed by atoms with Gasteiger partial charge in [-0.1, -0.05) is 11.6 Å². The summed E-state index contributed by atoms with van der Waals surface area (Å²) in [6.07, 6.45) is 1.45. The standard InChI is InChI=1S/C16H16ClFN2O2S/c1-9(21)20-6-4-11(5-7-20)19-16(22)15-14(17)12-3-2-10(18)8-13(12)23-15/h2-3,8,11H,4-7H2,1H3,(H,19,22). The number of carbonyl (C=O) groups is 2. The SMILES string of the molecule is CC(=O)N1CCC(NC(=O)c2sc3cc(F)ccc3c2Cl)CC1. The number of fused-ring (bicyclic) bond motifs is 1. The Balaban J connectivity index is 1.72. The van der Waals surface area contributed by atoms with E-state index in [0.29, 0.717) is 33.1 Å². The Morgan fingerprint density at radius 2 is 2.04 bits per heavy atom. The summed E-state index contributed by atoms with van der Waals surface area (Å²) < 4.78 is 13.9. The quantitative estimate of drug-likeness (QED) is 0.898. The summed E-state index contributed by atoms with van der Waals surface area (Å²) >= 11 is 7.45. The zero-order chi connectivity index (χ0) is 16.6. The second-order valence-electron chi connectivity index (χ2n) is 5.64. The van der Waals surface area contributed by atoms with E-state index in [1.807, 2.05) is 0 Å². The molecule has 23 heavy (non-hydrogen) atoms. The van der Waals surface area contributed by atoms with E-state index in [2.05, 4.69) is 5.32 Å². The molecule has 1 aromatic heterocycles. The highest BCUT2D eigenvalue weighted by Crippen LogP contribution is 2.35. The summed E-state index contributed by atoms with van der Waals surface area (Å²) in [5, 5.41) is 4.02. The third kappa shape index (κ3) is 3.33. The topological polar surface area (TPSA) is 49.4 Å². The van der Waals surface area contributed by atoms with Crippen LogP contribution in [0.1, 0.15) is 29.4 Å². The average molecular weight is 355 g/mol. The fourth-order valence-electron chi connectivity index (χ4n) is 2.77. The summed E-state index contributed by atoms with van der Waals surface area (Å²) in [6.45, 7) is 2.84. The number of rotatable bonds is 2. The molecule has 1 aromatic carbocycles. The number of halogens is 2. The first-order chi connectivity index (χ1) is 11.0. The minimum atomic E-state index is -0.348. The van der Waals surface area contributed by atoms with Gasteiger partial charge in [0.25, 0.3) is 5.91 Å². The van der Waals surface area contributed by atoms with Crippen molar-refractivity contribution in [2.45, 2.75) is 25.8 Å². The van der Waals surface area contributed by atoms with Crippen LogP contribution < -0.4 is 5.32 Å². The van der Waals surface area contributed by atoms with Crippen LogP contribution in [0.25, 0.3) is 10.1 Å². The fourth-order valence-corrected chi connectivity index (χ4v) is 4.22. The van der Waals surface area contributed by atoms with Crippen LogP contribution in [0.2, 0.25) is 5.02 Å². The monoisotopic (exact) mass is 354 g/mol. The number of amides is 2. The van der Waals surface area contributed by atoms with Crippen molar-refractivity contribution in [1.29, 1.82) is 0 Å². The number of nitrogens with one attached hydrogen (secondary N) is 1. The van der Waals surface area contributed by atoms with Gasteiger partial charge in [0, 0.05) is 36.1 Å². The van der Waals surface area contributed by atoms with Crippen molar-refractivity contribution in [2.75, 3.05) is 13.1 Å². The normalized spacial score (nSPS) is 15.9. The predicted molar refractivity (Wildman–Crippen MR) is 89.5 cm³/mol. The molecule has 0 spiro atoms. The number of benzene rings is 1. The van der Waals surface area contributed by atoms with Crippen molar-refractivity contribution in [3.63, 3.8) is 0 Å². The number of thiophene rings is 1. The molecule has 1 saturated heterocycles. The maximum atomic E-state index is 13.3. The summed E-state index contributed by atoms with van der Waals surface area (Å²) in [5.74, 6) is -0.527. The summed E-state index contributed by atoms with van der Waals surface area (Å²) in [6, 6.07) is 4.33. The minimum Gasteiger partial charge on any atom is -0.348 e. The lowest BCUT2D eigenvalue weighted by Gasteiger charge is -2.31. The maximum Gasteiger partial charge on any atom is 0.263 e. The van der Waals surface area contributed by atoms with Crippen molar-refractivity contribution in [3.05, 3.63) is 33.9 Å². The lowest BCUT2D eigenvalue weighted by atomic mass is 10.0. The number of likely N-dealkylation sites (tertiary alicyclic amines) is 1. The molecule has 1 N–H and O–H groups in total. The van der Waals surface area contributed by atoms with Crippen molar-refractivity contribution in [3.8, 4) is 0 Å². The molecule has 7 heteroatoms. The van der Waals surface area contributed by atoms with Crippen LogP contribution in [0, 0.1) is 5.82 Å². The molecule has 2 aromatic rings. The van der Waals surface area contributed by atoms with Crippen LogP contribution in [0.5, 0.6) is 0 Å². The van der Waals surface area contributed by atoms with Crippen molar-refractivity contribution in [1.82, 2.24) is 10.2 Å². The molecule has 122 valence electrons. The molecular weight excluding hydrogens is 339 g/mol. The van der Waals surface area contributed by atoms with Crippen LogP contribution in [-0.2, 0) is 4.79 Å². The van der Waals surface area contributed by atoms with E-state index < -0.39 is 0 Å². The molecular formula is C16H16ClFN2O2S. The molecule has 2 amide bonds. The average Bonchev–Trinajstić information content (AvgIpc) is 2.84. The zero-order valence-corrected chi connectivity index (χ0v) is 14.1. The molecule has 0 bridgehead atoms. The number of piperidine rings is 1. The van der Waals surface area contributed by atoms with Gasteiger partial charge in [0.15, 0.2) is 0 Å². The third-order valence-electron chi connectivity index (χ3n) is 4.07.